The third-order valence-electron chi connectivity index (χ3n) is 6.51. The summed E-state index contributed by atoms with van der Waals surface area (Å²) >= 11 is 0. The maximum Gasteiger partial charge on any atom is 0.299 e. The van der Waals surface area contributed by atoms with Gasteiger partial charge in [0.2, 0.25) is 11.8 Å². The van der Waals surface area contributed by atoms with Crippen molar-refractivity contribution in [3.8, 4) is 17.0 Å². The summed E-state index contributed by atoms with van der Waals surface area (Å²) in [6, 6.07) is 12.3. The number of amides is 1. The number of aromatic amines is 1. The first-order chi connectivity index (χ1) is 18.2. The number of anilines is 2. The van der Waals surface area contributed by atoms with Crippen LogP contribution in [0.4, 0.5) is 11.6 Å². The second kappa shape index (κ2) is 10.4. The predicted molar refractivity (Wildman–Crippen MR) is 146 cm³/mol. The molecule has 4 N–H and O–H groups in total. The van der Waals surface area contributed by atoms with Gasteiger partial charge in [-0.15, -0.1) is 0 Å². The van der Waals surface area contributed by atoms with Gasteiger partial charge >= 0.3 is 0 Å². The molecule has 1 atom stereocenters. The Hall–Kier alpha value is -3.96. The molecule has 1 saturated heterocycles. The van der Waals surface area contributed by atoms with Gasteiger partial charge in [0.1, 0.15) is 16.6 Å². The molecule has 1 amide bonds. The van der Waals surface area contributed by atoms with Crippen LogP contribution in [0, 0.1) is 6.92 Å². The van der Waals surface area contributed by atoms with E-state index in [4.69, 9.17) is 19.4 Å². The number of ether oxygens (including phenoxy) is 2. The number of hydrogen-bond donors (Lipinski definition) is 3. The van der Waals surface area contributed by atoms with Crippen LogP contribution in [0.15, 0.2) is 53.6 Å². The summed E-state index contributed by atoms with van der Waals surface area (Å²) in [7, 11) is -1.46. The summed E-state index contributed by atoms with van der Waals surface area (Å²) in [5.41, 5.74) is 4.45. The second-order valence-corrected chi connectivity index (χ2v) is 11.3. The van der Waals surface area contributed by atoms with Crippen LogP contribution in [0.2, 0.25) is 0 Å². The molecule has 1 unspecified atom stereocenters. The van der Waals surface area contributed by atoms with E-state index in [-0.39, 0.29) is 12.0 Å². The third-order valence-corrected chi connectivity index (χ3v) is 7.66. The Bertz CT molecular complexity index is 1590. The molecule has 0 spiro atoms. The molecule has 0 bridgehead atoms. The van der Waals surface area contributed by atoms with Crippen molar-refractivity contribution in [3.63, 3.8) is 0 Å². The zero-order valence-electron chi connectivity index (χ0n) is 21.4. The number of H-pyrrole nitrogens is 1. The quantitative estimate of drug-likeness (QED) is 0.301. The van der Waals surface area contributed by atoms with Crippen LogP contribution in [-0.2, 0) is 14.6 Å². The molecule has 1 fully saturated rings. The molecule has 2 aromatic heterocycles. The lowest BCUT2D eigenvalue weighted by Gasteiger charge is -2.23. The smallest absolute Gasteiger partial charge is 0.299 e. The van der Waals surface area contributed by atoms with Crippen LogP contribution in [0.3, 0.4) is 0 Å². The minimum Gasteiger partial charge on any atom is -0.474 e. The Labute approximate surface area is 220 Å². The number of carbonyl (C=O) groups excluding carboxylic acids is 1. The molecule has 198 valence electrons. The molecule has 0 saturated carbocycles. The average molecular weight is 537 g/mol. The zero-order valence-corrected chi connectivity index (χ0v) is 22.2. The Morgan fingerprint density at radius 3 is 2.55 bits per heavy atom. The molecule has 3 heterocycles. The second-order valence-electron chi connectivity index (χ2n) is 9.27. The molecular formula is C27H30N5O5S+. The van der Waals surface area contributed by atoms with Gasteiger partial charge in [-0.2, -0.15) is 14.2 Å². The number of rotatable bonds is 7. The lowest BCUT2D eigenvalue weighted by atomic mass is 10.1. The maximum absolute atomic E-state index is 12.0. The molecule has 11 heteroatoms. The van der Waals surface area contributed by atoms with Gasteiger partial charge in [-0.1, -0.05) is 12.1 Å². The van der Waals surface area contributed by atoms with Gasteiger partial charge in [-0.3, -0.25) is 4.79 Å². The number of aromatic nitrogens is 3. The number of benzene rings is 2. The number of carbonyl (C=O) groups is 1. The van der Waals surface area contributed by atoms with Crippen LogP contribution >= 0.6 is 0 Å². The van der Waals surface area contributed by atoms with Crippen molar-refractivity contribution in [2.75, 3.05) is 31.8 Å². The number of aryl methyl sites for hydroxylation is 1. The fraction of sp³-hybridized carbons (Fsp3) is 0.296. The van der Waals surface area contributed by atoms with Crippen LogP contribution in [0.1, 0.15) is 28.8 Å². The van der Waals surface area contributed by atoms with E-state index in [1.165, 1.54) is 6.26 Å². The molecule has 38 heavy (non-hydrogen) atoms. The standard InChI is InChI=1S/C27H29N5O5S/c1-16-14-18(25(33)28-2)6-9-22(16)30-27-31-24-23(26(32-27)37-19-10-12-36-13-11-19)21(15-29-24)17-4-7-20(8-5-17)38(3,34)35/h4-9,14-15,19H,10-13H2,1-3H3,(H,28,33)(H2,29,30,31,32)/p+1. The van der Waals surface area contributed by atoms with E-state index in [0.29, 0.717) is 41.1 Å². The Morgan fingerprint density at radius 2 is 1.89 bits per heavy atom. The number of nitrogens with zero attached hydrogens (tertiary/aromatic N) is 2. The lowest BCUT2D eigenvalue weighted by molar-refractivity contribution is 0.0244. The fourth-order valence-corrected chi connectivity index (χ4v) is 5.06. The monoisotopic (exact) mass is 536 g/mol. The molecule has 0 aliphatic carbocycles. The highest BCUT2D eigenvalue weighted by atomic mass is 32.2. The topological polar surface area (TPSA) is 140 Å². The first kappa shape index (κ1) is 25.7. The predicted octanol–water partition coefficient (Wildman–Crippen LogP) is 4.15. The van der Waals surface area contributed by atoms with Crippen LogP contribution in [0.5, 0.6) is 5.88 Å². The van der Waals surface area contributed by atoms with E-state index in [0.717, 1.165) is 40.6 Å². The fourth-order valence-electron chi connectivity index (χ4n) is 4.42. The van der Waals surface area contributed by atoms with E-state index in [2.05, 4.69) is 15.6 Å². The van der Waals surface area contributed by atoms with E-state index >= 15 is 0 Å². The number of fused-ring (bicyclic) bond motifs is 1. The highest BCUT2D eigenvalue weighted by Crippen LogP contribution is 2.36. The number of nitrogens with one attached hydrogen (secondary N) is 3. The lowest BCUT2D eigenvalue weighted by Crippen LogP contribution is -2.26. The van der Waals surface area contributed by atoms with E-state index in [1.807, 2.05) is 19.2 Å². The molecule has 1 aliphatic heterocycles. The van der Waals surface area contributed by atoms with Crippen molar-refractivity contribution < 1.29 is 22.7 Å². The number of hydrogen-bond acceptors (Lipinski definition) is 7. The van der Waals surface area contributed by atoms with Crippen LogP contribution in [0.25, 0.3) is 22.2 Å². The first-order valence-corrected chi connectivity index (χ1v) is 14.2. The largest absolute Gasteiger partial charge is 0.474 e. The minimum atomic E-state index is -3.06. The van der Waals surface area contributed by atoms with Gasteiger partial charge in [-0.25, -0.2) is 4.21 Å². The SMILES string of the molecule is CNC(=O)c1ccc(Nc2nc(OC3CCOCC3)c3c(-c4ccc(S(C)(=O)=[OH+])cc4)c[nH]c3n2)c(C)c1. The summed E-state index contributed by atoms with van der Waals surface area (Å²) in [4.78, 5) is 25.0. The third kappa shape index (κ3) is 5.34. The Balaban J connectivity index is 1.54. The Kier molecular flexibility index (Phi) is 7.04. The van der Waals surface area contributed by atoms with Gasteiger partial charge in [0.15, 0.2) is 0 Å². The summed E-state index contributed by atoms with van der Waals surface area (Å²) in [5.74, 6) is 0.632. The van der Waals surface area contributed by atoms with Crippen LogP contribution in [-0.4, -0.2) is 61.9 Å². The van der Waals surface area contributed by atoms with Crippen molar-refractivity contribution in [3.05, 3.63) is 59.8 Å². The molecule has 1 aliphatic rings. The molecule has 10 nitrogen and oxygen atoms in total. The van der Waals surface area contributed by atoms with E-state index in [1.54, 1.807) is 43.4 Å². The van der Waals surface area contributed by atoms with Crippen molar-refractivity contribution in [2.24, 2.45) is 0 Å². The normalized spacial score (nSPS) is 15.7. The molecule has 2 aromatic carbocycles. The van der Waals surface area contributed by atoms with Crippen molar-refractivity contribution >= 4 is 38.4 Å². The van der Waals surface area contributed by atoms with Crippen LogP contribution < -0.4 is 15.4 Å². The zero-order chi connectivity index (χ0) is 26.9. The molecule has 5 rings (SSSR count). The molecule has 0 radical (unpaired) electrons. The highest BCUT2D eigenvalue weighted by molar-refractivity contribution is 7.90. The summed E-state index contributed by atoms with van der Waals surface area (Å²) in [6.45, 7) is 3.16. The molecular weight excluding hydrogens is 506 g/mol. The summed E-state index contributed by atoms with van der Waals surface area (Å²) in [6.07, 6.45) is 4.59. The Morgan fingerprint density at radius 1 is 1.16 bits per heavy atom. The van der Waals surface area contributed by atoms with Gasteiger partial charge in [0.25, 0.3) is 15.7 Å². The molecule has 4 aromatic rings. The van der Waals surface area contributed by atoms with E-state index in [9.17, 15) is 13.2 Å². The summed E-state index contributed by atoms with van der Waals surface area (Å²) in [5, 5.41) is 6.62. The highest BCUT2D eigenvalue weighted by Gasteiger charge is 2.22. The average Bonchev–Trinajstić information content (AvgIpc) is 3.34. The van der Waals surface area contributed by atoms with Gasteiger partial charge in [0.05, 0.1) is 24.9 Å². The minimum absolute atomic E-state index is 0.0486. The van der Waals surface area contributed by atoms with E-state index < -0.39 is 9.84 Å². The first-order valence-electron chi connectivity index (χ1n) is 12.3. The maximum atomic E-state index is 12.0. The van der Waals surface area contributed by atoms with Crippen molar-refractivity contribution in [1.29, 1.82) is 0 Å². The summed E-state index contributed by atoms with van der Waals surface area (Å²) < 4.78 is 33.8. The van der Waals surface area contributed by atoms with Crippen molar-refractivity contribution in [1.82, 2.24) is 20.3 Å². The van der Waals surface area contributed by atoms with Gasteiger partial charge < -0.3 is 25.1 Å². The van der Waals surface area contributed by atoms with Gasteiger partial charge in [0, 0.05) is 42.9 Å². The van der Waals surface area contributed by atoms with Gasteiger partial charge in [-0.05, 0) is 48.4 Å². The van der Waals surface area contributed by atoms with Crippen molar-refractivity contribution in [2.45, 2.75) is 30.8 Å².